The minimum atomic E-state index is -4.86. The number of hydrazine groups is 1. The number of H-pyrrole nitrogens is 1. The van der Waals surface area contributed by atoms with Crippen LogP contribution in [0.25, 0.3) is 16.9 Å². The van der Waals surface area contributed by atoms with Gasteiger partial charge in [0.25, 0.3) is 11.8 Å². The summed E-state index contributed by atoms with van der Waals surface area (Å²) in [6.07, 6.45) is -4.07. The van der Waals surface area contributed by atoms with Gasteiger partial charge in [-0.1, -0.05) is 48.5 Å². The summed E-state index contributed by atoms with van der Waals surface area (Å²) < 4.78 is 41.6. The number of halogens is 3. The van der Waals surface area contributed by atoms with Crippen molar-refractivity contribution < 1.29 is 22.8 Å². The van der Waals surface area contributed by atoms with Crippen LogP contribution in [0, 0.1) is 0 Å². The zero-order valence-corrected chi connectivity index (χ0v) is 16.2. The lowest BCUT2D eigenvalue weighted by Crippen LogP contribution is -2.42. The maximum atomic E-state index is 13.7. The average molecular weight is 440 g/mol. The number of aromatic nitrogens is 4. The van der Waals surface area contributed by atoms with Gasteiger partial charge in [0.2, 0.25) is 0 Å². The topological polar surface area (TPSA) is 105 Å². The molecule has 2 aromatic heterocycles. The van der Waals surface area contributed by atoms with Crippen LogP contribution < -0.4 is 10.9 Å². The number of carbonyl (C=O) groups excluding carboxylic acids is 2. The third-order valence-electron chi connectivity index (χ3n) is 4.46. The van der Waals surface area contributed by atoms with E-state index >= 15 is 0 Å². The summed E-state index contributed by atoms with van der Waals surface area (Å²) in [6, 6.07) is 18.1. The number of nitrogens with one attached hydrogen (secondary N) is 3. The van der Waals surface area contributed by atoms with Crippen LogP contribution in [0.4, 0.5) is 13.2 Å². The predicted molar refractivity (Wildman–Crippen MR) is 108 cm³/mol. The second kappa shape index (κ2) is 8.38. The monoisotopic (exact) mass is 440 g/mol. The summed E-state index contributed by atoms with van der Waals surface area (Å²) in [4.78, 5) is 24.7. The molecule has 0 atom stereocenters. The molecular formula is C21H15F3N6O2. The molecule has 4 aromatic rings. The van der Waals surface area contributed by atoms with Gasteiger partial charge in [-0.2, -0.15) is 23.4 Å². The molecule has 11 heteroatoms. The van der Waals surface area contributed by atoms with Crippen LogP contribution in [-0.4, -0.2) is 31.8 Å². The van der Waals surface area contributed by atoms with Gasteiger partial charge in [0.1, 0.15) is 5.69 Å². The minimum absolute atomic E-state index is 0.0141. The Hall–Kier alpha value is -4.41. The van der Waals surface area contributed by atoms with Crippen molar-refractivity contribution >= 4 is 11.8 Å². The number of hydrogen-bond donors (Lipinski definition) is 3. The quantitative estimate of drug-likeness (QED) is 0.423. The summed E-state index contributed by atoms with van der Waals surface area (Å²) in [5.74, 6) is -1.95. The van der Waals surface area contributed by atoms with E-state index in [0.29, 0.717) is 10.4 Å². The molecule has 2 amide bonds. The standard InChI is InChI=1S/C21H15F3N6O2/c22-21(23,24)18-15(12-25-30(18)14-9-5-2-6-10-14)19(31)28-29-20(32)17-11-16(26-27-17)13-7-3-1-4-8-13/h1-12H,(H,26,27)(H,28,31)(H,29,32). The molecule has 3 N–H and O–H groups in total. The van der Waals surface area contributed by atoms with Gasteiger partial charge in [0.05, 0.1) is 23.1 Å². The molecule has 0 aliphatic heterocycles. The van der Waals surface area contributed by atoms with Gasteiger partial charge < -0.3 is 0 Å². The van der Waals surface area contributed by atoms with Crippen molar-refractivity contribution in [1.29, 1.82) is 0 Å². The molecule has 2 heterocycles. The number of carbonyl (C=O) groups is 2. The van der Waals surface area contributed by atoms with E-state index in [2.05, 4.69) is 20.7 Å². The fourth-order valence-corrected chi connectivity index (χ4v) is 3.00. The largest absolute Gasteiger partial charge is 0.434 e. The molecule has 0 unspecified atom stereocenters. The second-order valence-corrected chi connectivity index (χ2v) is 6.59. The molecule has 4 rings (SSSR count). The molecule has 0 spiro atoms. The van der Waals surface area contributed by atoms with Crippen LogP contribution in [0.2, 0.25) is 0 Å². The van der Waals surface area contributed by atoms with Crippen LogP contribution in [-0.2, 0) is 6.18 Å². The minimum Gasteiger partial charge on any atom is -0.272 e. The van der Waals surface area contributed by atoms with Crippen LogP contribution in [0.5, 0.6) is 0 Å². The smallest absolute Gasteiger partial charge is 0.272 e. The molecule has 2 aromatic carbocycles. The number of benzene rings is 2. The van der Waals surface area contributed by atoms with E-state index in [4.69, 9.17) is 0 Å². The van der Waals surface area contributed by atoms with Crippen molar-refractivity contribution in [3.8, 4) is 16.9 Å². The molecule has 0 bridgehead atoms. The lowest BCUT2D eigenvalue weighted by Gasteiger charge is -2.13. The molecule has 0 fully saturated rings. The number of amides is 2. The van der Waals surface area contributed by atoms with Gasteiger partial charge in [-0.15, -0.1) is 0 Å². The SMILES string of the molecule is O=C(NNC(=O)c1cnn(-c2ccccc2)c1C(F)(F)F)c1cc(-c2ccccc2)n[nH]1. The van der Waals surface area contributed by atoms with Crippen LogP contribution in [0.1, 0.15) is 26.5 Å². The predicted octanol–water partition coefficient (Wildman–Crippen LogP) is 3.36. The Morgan fingerprint density at radius 3 is 2.19 bits per heavy atom. The molecule has 32 heavy (non-hydrogen) atoms. The summed E-state index contributed by atoms with van der Waals surface area (Å²) >= 11 is 0. The number of para-hydroxylation sites is 1. The highest BCUT2D eigenvalue weighted by Crippen LogP contribution is 2.33. The third kappa shape index (κ3) is 4.21. The number of rotatable bonds is 4. The molecule has 0 aliphatic rings. The summed E-state index contributed by atoms with van der Waals surface area (Å²) in [5.41, 5.74) is 3.46. The Bertz CT molecular complexity index is 1250. The maximum absolute atomic E-state index is 13.7. The van der Waals surface area contributed by atoms with Gasteiger partial charge in [-0.25, -0.2) is 4.68 Å². The highest BCUT2D eigenvalue weighted by atomic mass is 19.4. The van der Waals surface area contributed by atoms with Crippen molar-refractivity contribution in [3.05, 3.63) is 89.9 Å². The Morgan fingerprint density at radius 1 is 0.906 bits per heavy atom. The van der Waals surface area contributed by atoms with Crippen molar-refractivity contribution in [1.82, 2.24) is 30.8 Å². The van der Waals surface area contributed by atoms with E-state index in [9.17, 15) is 22.8 Å². The average Bonchev–Trinajstić information content (AvgIpc) is 3.46. The molecular weight excluding hydrogens is 425 g/mol. The molecule has 0 aliphatic carbocycles. The van der Waals surface area contributed by atoms with Crippen molar-refractivity contribution in [2.24, 2.45) is 0 Å². The lowest BCUT2D eigenvalue weighted by molar-refractivity contribution is -0.143. The third-order valence-corrected chi connectivity index (χ3v) is 4.46. The summed E-state index contributed by atoms with van der Waals surface area (Å²) in [6.45, 7) is 0. The van der Waals surface area contributed by atoms with E-state index in [-0.39, 0.29) is 11.4 Å². The lowest BCUT2D eigenvalue weighted by atomic mass is 10.1. The molecule has 0 saturated carbocycles. The Balaban J connectivity index is 1.51. The van der Waals surface area contributed by atoms with Crippen LogP contribution in [0.3, 0.4) is 0 Å². The maximum Gasteiger partial charge on any atom is 0.434 e. The van der Waals surface area contributed by atoms with Gasteiger partial charge in [-0.3, -0.25) is 25.5 Å². The van der Waals surface area contributed by atoms with Gasteiger partial charge in [0.15, 0.2) is 5.69 Å². The Morgan fingerprint density at radius 2 is 1.53 bits per heavy atom. The van der Waals surface area contributed by atoms with Gasteiger partial charge >= 0.3 is 6.18 Å². The molecule has 8 nitrogen and oxygen atoms in total. The van der Waals surface area contributed by atoms with Crippen LogP contribution >= 0.6 is 0 Å². The Kier molecular flexibility index (Phi) is 5.46. The number of nitrogens with zero attached hydrogens (tertiary/aromatic N) is 3. The Labute approximate surface area is 179 Å². The van der Waals surface area contributed by atoms with Crippen LogP contribution in [0.15, 0.2) is 72.9 Å². The van der Waals surface area contributed by atoms with E-state index in [1.165, 1.54) is 18.2 Å². The molecule has 0 radical (unpaired) electrons. The van der Waals surface area contributed by atoms with E-state index < -0.39 is 29.2 Å². The first-order chi connectivity index (χ1) is 15.3. The number of alkyl halides is 3. The zero-order chi connectivity index (χ0) is 22.7. The zero-order valence-electron chi connectivity index (χ0n) is 16.2. The normalized spacial score (nSPS) is 11.2. The first kappa shape index (κ1) is 20.8. The number of aromatic amines is 1. The van der Waals surface area contributed by atoms with Crippen molar-refractivity contribution in [3.63, 3.8) is 0 Å². The van der Waals surface area contributed by atoms with E-state index in [1.807, 2.05) is 11.5 Å². The summed E-state index contributed by atoms with van der Waals surface area (Å²) in [7, 11) is 0. The van der Waals surface area contributed by atoms with Gasteiger partial charge in [0, 0.05) is 5.56 Å². The van der Waals surface area contributed by atoms with E-state index in [0.717, 1.165) is 11.8 Å². The molecule has 162 valence electrons. The van der Waals surface area contributed by atoms with E-state index in [1.54, 1.807) is 42.5 Å². The second-order valence-electron chi connectivity index (χ2n) is 6.59. The highest BCUT2D eigenvalue weighted by Gasteiger charge is 2.40. The fourth-order valence-electron chi connectivity index (χ4n) is 3.00. The first-order valence-corrected chi connectivity index (χ1v) is 9.27. The molecule has 0 saturated heterocycles. The first-order valence-electron chi connectivity index (χ1n) is 9.27. The van der Waals surface area contributed by atoms with Gasteiger partial charge in [-0.05, 0) is 18.2 Å². The number of hydrogen-bond acceptors (Lipinski definition) is 4. The summed E-state index contributed by atoms with van der Waals surface area (Å²) in [5, 5.41) is 10.2. The highest BCUT2D eigenvalue weighted by molar-refractivity contribution is 5.99. The van der Waals surface area contributed by atoms with Crippen molar-refractivity contribution in [2.75, 3.05) is 0 Å². The van der Waals surface area contributed by atoms with Crippen molar-refractivity contribution in [2.45, 2.75) is 6.18 Å². The fraction of sp³-hybridized carbons (Fsp3) is 0.0476.